The fourth-order valence-corrected chi connectivity index (χ4v) is 4.04. The summed E-state index contributed by atoms with van der Waals surface area (Å²) in [6, 6.07) is 7.25. The van der Waals surface area contributed by atoms with Gasteiger partial charge in [-0.1, -0.05) is 19.4 Å². The molecule has 5 heteroatoms. The molecule has 0 aliphatic carbocycles. The van der Waals surface area contributed by atoms with Gasteiger partial charge in [0.2, 0.25) is 0 Å². The number of pyridine rings is 1. The largest absolute Gasteiger partial charge is 0.500 e. The van der Waals surface area contributed by atoms with Crippen molar-refractivity contribution < 1.29 is 17.8 Å². The van der Waals surface area contributed by atoms with Crippen LogP contribution in [0, 0.1) is 0 Å². The number of unbranched alkanes of at least 4 members (excludes halogenated alkanes) is 1. The topological polar surface area (TPSA) is 31.6 Å². The first-order valence-electron chi connectivity index (χ1n) is 7.34. The number of hydrogen-bond donors (Lipinski definition) is 0. The average Bonchev–Trinajstić information content (AvgIpc) is 2.51. The molecule has 0 aliphatic heterocycles. The summed E-state index contributed by atoms with van der Waals surface area (Å²) in [4.78, 5) is 0. The normalized spacial score (nSPS) is 11.8. The lowest BCUT2D eigenvalue weighted by atomic mass is 10.2. The molecule has 0 aromatic carbocycles. The number of nitrogens with zero attached hydrogens (tertiary/aromatic N) is 1. The Morgan fingerprint density at radius 1 is 1.05 bits per heavy atom. The first-order valence-corrected chi connectivity index (χ1v) is 9.27. The van der Waals surface area contributed by atoms with Crippen LogP contribution in [-0.2, 0) is 26.2 Å². The number of hydrogen-bond acceptors (Lipinski definition) is 3. The van der Waals surface area contributed by atoms with Crippen LogP contribution in [-0.4, -0.2) is 30.1 Å². The first kappa shape index (κ1) is 17.3. The Morgan fingerprint density at radius 2 is 1.75 bits per heavy atom. The monoisotopic (exact) mass is 298 g/mol. The third-order valence-corrected chi connectivity index (χ3v) is 6.47. The van der Waals surface area contributed by atoms with E-state index in [9.17, 15) is 0 Å². The fourth-order valence-electron chi connectivity index (χ4n) is 2.34. The maximum atomic E-state index is 5.45. The lowest BCUT2D eigenvalue weighted by Gasteiger charge is -2.23. The second-order valence-electron chi connectivity index (χ2n) is 4.89. The third kappa shape index (κ3) is 4.98. The van der Waals surface area contributed by atoms with E-state index < -0.39 is 8.80 Å². The molecule has 4 nitrogen and oxygen atoms in total. The maximum absolute atomic E-state index is 5.45. The van der Waals surface area contributed by atoms with Crippen LogP contribution >= 0.6 is 0 Å². The predicted octanol–water partition coefficient (Wildman–Crippen LogP) is 2.58. The molecular weight excluding hydrogens is 270 g/mol. The van der Waals surface area contributed by atoms with E-state index in [2.05, 4.69) is 35.9 Å². The van der Waals surface area contributed by atoms with Crippen LogP contribution in [0.5, 0.6) is 0 Å². The van der Waals surface area contributed by atoms with Gasteiger partial charge in [-0.05, 0) is 6.42 Å². The van der Waals surface area contributed by atoms with Gasteiger partial charge in [-0.3, -0.25) is 0 Å². The van der Waals surface area contributed by atoms with Crippen molar-refractivity contribution in [1.29, 1.82) is 0 Å². The van der Waals surface area contributed by atoms with Crippen molar-refractivity contribution in [2.75, 3.05) is 21.3 Å². The van der Waals surface area contributed by atoms with Crippen LogP contribution < -0.4 is 4.57 Å². The van der Waals surface area contributed by atoms with E-state index in [0.29, 0.717) is 0 Å². The summed E-state index contributed by atoms with van der Waals surface area (Å²) in [7, 11) is 2.58. The Labute approximate surface area is 124 Å². The highest BCUT2D eigenvalue weighted by Crippen LogP contribution is 2.14. The van der Waals surface area contributed by atoms with Gasteiger partial charge >= 0.3 is 8.80 Å². The van der Waals surface area contributed by atoms with E-state index in [1.54, 1.807) is 21.3 Å². The number of rotatable bonds is 10. The molecule has 0 N–H and O–H groups in total. The fraction of sp³-hybridized carbons (Fsp3) is 0.667. The van der Waals surface area contributed by atoms with Gasteiger partial charge in [0.25, 0.3) is 0 Å². The van der Waals surface area contributed by atoms with Gasteiger partial charge in [-0.2, -0.15) is 0 Å². The molecule has 114 valence electrons. The third-order valence-electron chi connectivity index (χ3n) is 3.64. The quantitative estimate of drug-likeness (QED) is 0.491. The Morgan fingerprint density at radius 3 is 2.35 bits per heavy atom. The summed E-state index contributed by atoms with van der Waals surface area (Å²) in [5.41, 5.74) is 1.40. The molecule has 1 aromatic rings. The summed E-state index contributed by atoms with van der Waals surface area (Å²) in [5.74, 6) is 0. The van der Waals surface area contributed by atoms with Crippen molar-refractivity contribution in [2.45, 2.75) is 45.2 Å². The van der Waals surface area contributed by atoms with Crippen LogP contribution in [0.3, 0.4) is 0 Å². The highest BCUT2D eigenvalue weighted by atomic mass is 28.4. The molecule has 0 atom stereocenters. The van der Waals surface area contributed by atoms with Gasteiger partial charge in [0.15, 0.2) is 11.9 Å². The Hall–Kier alpha value is -0.753. The van der Waals surface area contributed by atoms with Crippen LogP contribution in [0.2, 0.25) is 6.04 Å². The van der Waals surface area contributed by atoms with Crippen LogP contribution in [0.15, 0.2) is 24.4 Å². The molecule has 0 amide bonds. The van der Waals surface area contributed by atoms with Crippen LogP contribution in [0.25, 0.3) is 0 Å². The molecule has 0 saturated carbocycles. The van der Waals surface area contributed by atoms with Crippen molar-refractivity contribution >= 4 is 8.80 Å². The lowest BCUT2D eigenvalue weighted by Crippen LogP contribution is -2.44. The van der Waals surface area contributed by atoms with E-state index >= 15 is 0 Å². The molecule has 0 radical (unpaired) electrons. The number of aryl methyl sites for hydroxylation is 2. The van der Waals surface area contributed by atoms with Crippen molar-refractivity contribution in [3.63, 3.8) is 0 Å². The molecule has 0 saturated heterocycles. The van der Waals surface area contributed by atoms with Crippen LogP contribution in [0.1, 0.15) is 31.9 Å². The van der Waals surface area contributed by atoms with E-state index in [1.165, 1.54) is 18.5 Å². The second kappa shape index (κ2) is 9.23. The second-order valence-corrected chi connectivity index (χ2v) is 7.98. The molecule has 0 fully saturated rings. The standard InChI is InChI=1S/C15H28NO3Si/c1-5-6-10-15-11-7-8-12-16(15)13-9-14-20(17-2,18-3)19-4/h7-8,11-12H,5-6,9-10,13-14H2,1-4H3/q+1. The molecule has 0 aliphatic rings. The van der Waals surface area contributed by atoms with Gasteiger partial charge in [0, 0.05) is 52.3 Å². The molecule has 1 rings (SSSR count). The molecule has 0 bridgehead atoms. The summed E-state index contributed by atoms with van der Waals surface area (Å²) < 4.78 is 18.7. The van der Waals surface area contributed by atoms with Gasteiger partial charge in [-0.25, -0.2) is 4.57 Å². The molecule has 1 aromatic heterocycles. The minimum atomic E-state index is -2.43. The lowest BCUT2D eigenvalue weighted by molar-refractivity contribution is -0.704. The van der Waals surface area contributed by atoms with Crippen molar-refractivity contribution in [3.8, 4) is 0 Å². The van der Waals surface area contributed by atoms with E-state index in [4.69, 9.17) is 13.3 Å². The minimum Gasteiger partial charge on any atom is -0.377 e. The highest BCUT2D eigenvalue weighted by Gasteiger charge is 2.37. The molecule has 20 heavy (non-hydrogen) atoms. The predicted molar refractivity (Wildman–Crippen MR) is 81.5 cm³/mol. The van der Waals surface area contributed by atoms with E-state index in [0.717, 1.165) is 25.4 Å². The van der Waals surface area contributed by atoms with Crippen molar-refractivity contribution in [1.82, 2.24) is 0 Å². The first-order chi connectivity index (χ1) is 9.71. The van der Waals surface area contributed by atoms with E-state index in [1.807, 2.05) is 0 Å². The van der Waals surface area contributed by atoms with Gasteiger partial charge in [-0.15, -0.1) is 0 Å². The average molecular weight is 298 g/mol. The summed E-state index contributed by atoms with van der Waals surface area (Å²) >= 11 is 0. The van der Waals surface area contributed by atoms with Gasteiger partial charge < -0.3 is 13.3 Å². The van der Waals surface area contributed by atoms with Gasteiger partial charge in [0.05, 0.1) is 0 Å². The van der Waals surface area contributed by atoms with Crippen molar-refractivity contribution in [3.05, 3.63) is 30.1 Å². The molecular formula is C15H28NO3Si+. The SMILES string of the molecule is CCCCc1cccc[n+]1CCC[Si](OC)(OC)OC. The Balaban J connectivity index is 2.57. The minimum absolute atomic E-state index is 0.839. The zero-order chi connectivity index (χ0) is 14.8. The van der Waals surface area contributed by atoms with Gasteiger partial charge in [0.1, 0.15) is 6.54 Å². The maximum Gasteiger partial charge on any atom is 0.500 e. The molecule has 0 spiro atoms. The Bertz CT molecular complexity index is 375. The molecule has 0 unspecified atom stereocenters. The van der Waals surface area contributed by atoms with Crippen LogP contribution in [0.4, 0.5) is 0 Å². The van der Waals surface area contributed by atoms with E-state index in [-0.39, 0.29) is 0 Å². The summed E-state index contributed by atoms with van der Waals surface area (Å²) in [6.45, 7) is 3.20. The zero-order valence-electron chi connectivity index (χ0n) is 13.2. The summed E-state index contributed by atoms with van der Waals surface area (Å²) in [6.07, 6.45) is 6.74. The zero-order valence-corrected chi connectivity index (χ0v) is 14.2. The summed E-state index contributed by atoms with van der Waals surface area (Å²) in [5, 5.41) is 0. The van der Waals surface area contributed by atoms with Crippen molar-refractivity contribution in [2.24, 2.45) is 0 Å². The Kier molecular flexibility index (Phi) is 7.99. The molecule has 1 heterocycles. The number of aromatic nitrogens is 1. The smallest absolute Gasteiger partial charge is 0.377 e. The highest BCUT2D eigenvalue weighted by molar-refractivity contribution is 6.60.